The first kappa shape index (κ1) is 8.52. The lowest BCUT2D eigenvalue weighted by atomic mass is 9.96. The fourth-order valence-corrected chi connectivity index (χ4v) is 1.73. The lowest BCUT2D eigenvalue weighted by Crippen LogP contribution is -2.01. The summed E-state index contributed by atoms with van der Waals surface area (Å²) in [5.74, 6) is 0. The van der Waals surface area contributed by atoms with Crippen LogP contribution in [0.3, 0.4) is 0 Å². The van der Waals surface area contributed by atoms with E-state index in [0.29, 0.717) is 0 Å². The first-order valence-electron chi connectivity index (χ1n) is 4.71. The average Bonchev–Trinajstić information content (AvgIpc) is 2.97. The summed E-state index contributed by atoms with van der Waals surface area (Å²) in [6.45, 7) is 0.147. The molecule has 1 aliphatic rings. The summed E-state index contributed by atoms with van der Waals surface area (Å²) in [5, 5.41) is 8.72. The molecule has 1 nitrogen and oxygen atoms in total. The van der Waals surface area contributed by atoms with Crippen molar-refractivity contribution >= 4 is 0 Å². The van der Waals surface area contributed by atoms with Crippen LogP contribution in [0.5, 0.6) is 0 Å². The molecule has 0 aliphatic heterocycles. The topological polar surface area (TPSA) is 20.2 Å². The summed E-state index contributed by atoms with van der Waals surface area (Å²) in [4.78, 5) is 0. The molecule has 0 atom stereocenters. The highest BCUT2D eigenvalue weighted by Crippen LogP contribution is 2.49. The highest BCUT2D eigenvalue weighted by molar-refractivity contribution is 5.36. The lowest BCUT2D eigenvalue weighted by molar-refractivity contribution is 0.342. The van der Waals surface area contributed by atoms with Crippen LogP contribution in [0.2, 0.25) is 0 Å². The molecule has 1 saturated carbocycles. The van der Waals surface area contributed by atoms with Gasteiger partial charge in [-0.1, -0.05) is 42.5 Å². The van der Waals surface area contributed by atoms with Gasteiger partial charge in [0.2, 0.25) is 0 Å². The molecule has 0 spiro atoms. The van der Waals surface area contributed by atoms with E-state index in [0.717, 1.165) is 0 Å². The molecule has 0 aromatic heterocycles. The van der Waals surface area contributed by atoms with Gasteiger partial charge in [-0.2, -0.15) is 0 Å². The van der Waals surface area contributed by atoms with Gasteiger partial charge in [0.15, 0.2) is 0 Å². The van der Waals surface area contributed by atoms with E-state index in [-0.39, 0.29) is 12.0 Å². The minimum Gasteiger partial charge on any atom is -0.392 e. The summed E-state index contributed by atoms with van der Waals surface area (Å²) < 4.78 is 0. The molecule has 1 N–H and O–H groups in total. The maximum absolute atomic E-state index is 8.72. The quantitative estimate of drug-likeness (QED) is 0.697. The van der Waals surface area contributed by atoms with E-state index < -0.39 is 0 Å². The number of rotatable bonds is 3. The van der Waals surface area contributed by atoms with E-state index in [4.69, 9.17) is 5.11 Å². The highest BCUT2D eigenvalue weighted by atomic mass is 16.2. The van der Waals surface area contributed by atoms with Crippen LogP contribution in [-0.4, -0.2) is 11.7 Å². The second-order valence-electron chi connectivity index (χ2n) is 3.61. The van der Waals surface area contributed by atoms with Gasteiger partial charge in [0.1, 0.15) is 0 Å². The van der Waals surface area contributed by atoms with Gasteiger partial charge in [0, 0.05) is 5.41 Å². The number of hydrogen-bond acceptors (Lipinski definition) is 1. The van der Waals surface area contributed by atoms with Gasteiger partial charge in [0.05, 0.1) is 6.61 Å². The third kappa shape index (κ3) is 1.65. The Morgan fingerprint density at radius 3 is 2.46 bits per heavy atom. The van der Waals surface area contributed by atoms with Crippen molar-refractivity contribution in [2.75, 3.05) is 6.61 Å². The minimum atomic E-state index is 0.147. The zero-order valence-corrected chi connectivity index (χ0v) is 7.61. The summed E-state index contributed by atoms with van der Waals surface area (Å²) in [7, 11) is 0. The molecular weight excluding hydrogens is 160 g/mol. The molecule has 1 heteroatoms. The number of aliphatic hydroxyl groups excluding tert-OH is 1. The monoisotopic (exact) mass is 174 g/mol. The molecule has 1 fully saturated rings. The maximum atomic E-state index is 8.72. The third-order valence-corrected chi connectivity index (χ3v) is 2.68. The number of allylic oxidation sites excluding steroid dienone is 1. The van der Waals surface area contributed by atoms with Crippen LogP contribution in [0.25, 0.3) is 0 Å². The van der Waals surface area contributed by atoms with Crippen LogP contribution < -0.4 is 0 Å². The Kier molecular flexibility index (Phi) is 2.19. The van der Waals surface area contributed by atoms with Crippen LogP contribution in [0, 0.1) is 0 Å². The second kappa shape index (κ2) is 3.35. The van der Waals surface area contributed by atoms with Gasteiger partial charge < -0.3 is 5.11 Å². The summed E-state index contributed by atoms with van der Waals surface area (Å²) in [6.07, 6.45) is 6.42. The normalized spacial score (nSPS) is 19.2. The molecule has 68 valence electrons. The predicted molar refractivity (Wildman–Crippen MR) is 53.6 cm³/mol. The summed E-state index contributed by atoms with van der Waals surface area (Å²) in [5.41, 5.74) is 1.63. The molecule has 0 bridgehead atoms. The van der Waals surface area contributed by atoms with Crippen LogP contribution >= 0.6 is 0 Å². The van der Waals surface area contributed by atoms with Crippen molar-refractivity contribution in [1.82, 2.24) is 0 Å². The van der Waals surface area contributed by atoms with E-state index in [1.54, 1.807) is 0 Å². The Morgan fingerprint density at radius 1 is 1.23 bits per heavy atom. The third-order valence-electron chi connectivity index (χ3n) is 2.68. The van der Waals surface area contributed by atoms with E-state index >= 15 is 0 Å². The van der Waals surface area contributed by atoms with E-state index in [2.05, 4.69) is 30.3 Å². The Balaban J connectivity index is 2.21. The average molecular weight is 174 g/mol. The Bertz CT molecular complexity index is 296. The molecule has 13 heavy (non-hydrogen) atoms. The van der Waals surface area contributed by atoms with Crippen LogP contribution in [0.15, 0.2) is 42.5 Å². The second-order valence-corrected chi connectivity index (χ2v) is 3.61. The lowest BCUT2D eigenvalue weighted by Gasteiger charge is -2.09. The van der Waals surface area contributed by atoms with Gasteiger partial charge in [-0.05, 0) is 18.4 Å². The SMILES string of the molecule is OC/C=C/C1(c2ccccc2)CC1. The number of aliphatic hydroxyl groups is 1. The van der Waals surface area contributed by atoms with Crippen molar-refractivity contribution in [1.29, 1.82) is 0 Å². The molecule has 0 radical (unpaired) electrons. The van der Waals surface area contributed by atoms with Crippen molar-refractivity contribution in [3.63, 3.8) is 0 Å². The Morgan fingerprint density at radius 2 is 1.92 bits per heavy atom. The Labute approximate surface area is 78.7 Å². The molecule has 2 rings (SSSR count). The molecule has 0 amide bonds. The van der Waals surface area contributed by atoms with Crippen LogP contribution in [0.4, 0.5) is 0 Å². The fourth-order valence-electron chi connectivity index (χ4n) is 1.73. The standard InChI is InChI=1S/C12H14O/c13-10-4-7-12(8-9-12)11-5-2-1-3-6-11/h1-7,13H,8-10H2/b7-4+. The predicted octanol–water partition coefficient (Wildman–Crippen LogP) is 2.27. The smallest absolute Gasteiger partial charge is 0.0612 e. The van der Waals surface area contributed by atoms with Crippen molar-refractivity contribution in [2.45, 2.75) is 18.3 Å². The van der Waals surface area contributed by atoms with Crippen molar-refractivity contribution in [3.8, 4) is 0 Å². The van der Waals surface area contributed by atoms with E-state index in [1.807, 2.05) is 12.1 Å². The zero-order valence-electron chi connectivity index (χ0n) is 7.61. The van der Waals surface area contributed by atoms with E-state index in [9.17, 15) is 0 Å². The highest BCUT2D eigenvalue weighted by Gasteiger charge is 2.41. The molecule has 0 saturated heterocycles. The molecule has 1 aromatic carbocycles. The van der Waals surface area contributed by atoms with Crippen LogP contribution in [0.1, 0.15) is 18.4 Å². The van der Waals surface area contributed by atoms with Crippen molar-refractivity contribution in [3.05, 3.63) is 48.0 Å². The molecule has 1 aliphatic carbocycles. The minimum absolute atomic E-state index is 0.147. The van der Waals surface area contributed by atoms with Gasteiger partial charge in [0.25, 0.3) is 0 Å². The fraction of sp³-hybridized carbons (Fsp3) is 0.333. The molecule has 0 heterocycles. The van der Waals surface area contributed by atoms with Crippen LogP contribution in [-0.2, 0) is 5.41 Å². The molecule has 0 unspecified atom stereocenters. The first-order chi connectivity index (χ1) is 6.37. The van der Waals surface area contributed by atoms with E-state index in [1.165, 1.54) is 18.4 Å². The van der Waals surface area contributed by atoms with Gasteiger partial charge in [-0.25, -0.2) is 0 Å². The molecular formula is C12H14O. The molecule has 1 aromatic rings. The van der Waals surface area contributed by atoms with Gasteiger partial charge in [-0.3, -0.25) is 0 Å². The summed E-state index contributed by atoms with van der Waals surface area (Å²) in [6, 6.07) is 10.5. The first-order valence-corrected chi connectivity index (χ1v) is 4.71. The van der Waals surface area contributed by atoms with Gasteiger partial charge in [-0.15, -0.1) is 0 Å². The summed E-state index contributed by atoms with van der Waals surface area (Å²) >= 11 is 0. The maximum Gasteiger partial charge on any atom is 0.0612 e. The zero-order chi connectivity index (χ0) is 9.15. The number of benzene rings is 1. The van der Waals surface area contributed by atoms with Crippen molar-refractivity contribution in [2.24, 2.45) is 0 Å². The van der Waals surface area contributed by atoms with Gasteiger partial charge >= 0.3 is 0 Å². The number of hydrogen-bond donors (Lipinski definition) is 1. The van der Waals surface area contributed by atoms with Crippen molar-refractivity contribution < 1.29 is 5.11 Å². The Hall–Kier alpha value is -1.08. The largest absolute Gasteiger partial charge is 0.392 e.